The molecule has 0 N–H and O–H groups in total. The summed E-state index contributed by atoms with van der Waals surface area (Å²) in [6.07, 6.45) is 9.79. The molecule has 0 bridgehead atoms. The van der Waals surface area contributed by atoms with E-state index >= 15 is 0 Å². The summed E-state index contributed by atoms with van der Waals surface area (Å²) in [7, 11) is 0. The first kappa shape index (κ1) is 27.4. The second kappa shape index (κ2) is 11.4. The summed E-state index contributed by atoms with van der Waals surface area (Å²) in [5, 5.41) is 4.30. The standard InChI is InChI=1S/C33H30ClFN6O3/c34-22-5-6-25(26(35)14-22)30-7-4-21-2-1-3-24(32(21)44-30)20-8-11-40(12-9-20)18-31-38-27-15-28(33-37-19-43-39-33)36-16-29(27)41(31)17-23-10-13-42-23/h1-7,14-16,19-20,23,30H,8-13,17-18H2/t23-,30+/m0/s1. The minimum absolute atomic E-state index is 0.192. The Morgan fingerprint density at radius 1 is 1.02 bits per heavy atom. The molecule has 0 saturated carbocycles. The number of nitrogens with zero attached hydrogens (tertiary/aromatic N) is 6. The van der Waals surface area contributed by atoms with E-state index in [0.717, 1.165) is 80.2 Å². The highest BCUT2D eigenvalue weighted by Gasteiger charge is 2.29. The van der Waals surface area contributed by atoms with Crippen molar-refractivity contribution in [1.29, 1.82) is 0 Å². The zero-order chi connectivity index (χ0) is 29.6. The number of para-hydroxylation sites is 1. The van der Waals surface area contributed by atoms with Crippen LogP contribution >= 0.6 is 11.6 Å². The second-order valence-electron chi connectivity index (χ2n) is 11.6. The smallest absolute Gasteiger partial charge is 0.220 e. The molecule has 9 nitrogen and oxygen atoms in total. The Balaban J connectivity index is 0.999. The van der Waals surface area contributed by atoms with Crippen LogP contribution in [0.4, 0.5) is 4.39 Å². The van der Waals surface area contributed by atoms with Crippen molar-refractivity contribution in [2.24, 2.45) is 0 Å². The van der Waals surface area contributed by atoms with Crippen molar-refractivity contribution in [2.75, 3.05) is 19.7 Å². The number of benzene rings is 2. The highest BCUT2D eigenvalue weighted by Crippen LogP contribution is 2.42. The Hall–Kier alpha value is -4.12. The molecule has 6 heterocycles. The van der Waals surface area contributed by atoms with E-state index in [1.54, 1.807) is 12.1 Å². The third-order valence-electron chi connectivity index (χ3n) is 8.92. The number of ether oxygens (including phenoxy) is 2. The van der Waals surface area contributed by atoms with Crippen LogP contribution in [0.3, 0.4) is 0 Å². The van der Waals surface area contributed by atoms with E-state index in [4.69, 9.17) is 30.6 Å². The summed E-state index contributed by atoms with van der Waals surface area (Å²) < 4.78 is 34.1. The molecule has 0 amide bonds. The third kappa shape index (κ3) is 5.16. The maximum atomic E-state index is 14.7. The van der Waals surface area contributed by atoms with Crippen molar-refractivity contribution in [3.63, 3.8) is 0 Å². The zero-order valence-corrected chi connectivity index (χ0v) is 24.7. The van der Waals surface area contributed by atoms with E-state index in [2.05, 4.69) is 36.7 Å². The molecule has 8 rings (SSSR count). The summed E-state index contributed by atoms with van der Waals surface area (Å²) in [6.45, 7) is 4.14. The normalized spacial score (nSPS) is 20.4. The first-order valence-electron chi connectivity index (χ1n) is 15.0. The van der Waals surface area contributed by atoms with Gasteiger partial charge < -0.3 is 18.6 Å². The Morgan fingerprint density at radius 3 is 2.68 bits per heavy atom. The average Bonchev–Trinajstić information content (AvgIpc) is 3.67. The van der Waals surface area contributed by atoms with Crippen LogP contribution in [0.2, 0.25) is 5.02 Å². The number of fused-ring (bicyclic) bond motifs is 2. The van der Waals surface area contributed by atoms with Crippen LogP contribution in [-0.2, 0) is 17.8 Å². The maximum absolute atomic E-state index is 14.7. The number of pyridine rings is 1. The number of halogens is 2. The van der Waals surface area contributed by atoms with E-state index < -0.39 is 6.10 Å². The number of likely N-dealkylation sites (tertiary alicyclic amines) is 1. The molecule has 44 heavy (non-hydrogen) atoms. The van der Waals surface area contributed by atoms with Gasteiger partial charge in [-0.15, -0.1) is 0 Å². The van der Waals surface area contributed by atoms with Gasteiger partial charge in [0.1, 0.15) is 29.2 Å². The quantitative estimate of drug-likeness (QED) is 0.203. The van der Waals surface area contributed by atoms with Crippen LogP contribution in [0.5, 0.6) is 5.75 Å². The molecule has 0 unspecified atom stereocenters. The van der Waals surface area contributed by atoms with Gasteiger partial charge in [-0.25, -0.2) is 9.37 Å². The predicted octanol–water partition coefficient (Wildman–Crippen LogP) is 6.59. The molecule has 11 heteroatoms. The largest absolute Gasteiger partial charge is 0.481 e. The monoisotopic (exact) mass is 612 g/mol. The van der Waals surface area contributed by atoms with Crippen molar-refractivity contribution >= 4 is 28.7 Å². The molecule has 3 aliphatic heterocycles. The molecular weight excluding hydrogens is 583 g/mol. The fourth-order valence-corrected chi connectivity index (χ4v) is 6.62. The van der Waals surface area contributed by atoms with Crippen molar-refractivity contribution in [3.8, 4) is 17.3 Å². The van der Waals surface area contributed by atoms with E-state index in [1.807, 2.05) is 30.5 Å². The Labute approximate surface area is 258 Å². The minimum Gasteiger partial charge on any atom is -0.481 e. The van der Waals surface area contributed by atoms with Gasteiger partial charge >= 0.3 is 0 Å². The predicted molar refractivity (Wildman–Crippen MR) is 163 cm³/mol. The Kier molecular flexibility index (Phi) is 7.12. The Morgan fingerprint density at radius 2 is 1.91 bits per heavy atom. The van der Waals surface area contributed by atoms with Gasteiger partial charge in [0.05, 0.1) is 36.4 Å². The van der Waals surface area contributed by atoms with E-state index in [-0.39, 0.29) is 11.9 Å². The molecule has 2 fully saturated rings. The first-order valence-corrected chi connectivity index (χ1v) is 15.4. The lowest BCUT2D eigenvalue weighted by molar-refractivity contribution is -0.0592. The minimum atomic E-state index is -0.497. The SMILES string of the molecule is Fc1cc(Cl)ccc1[C@H]1C=Cc2cccc(C3CCN(Cc4nc5cc(-c6ncon6)ncc5n4C[C@@H]4CCO4)CC3)c2O1. The van der Waals surface area contributed by atoms with Gasteiger partial charge in [0.25, 0.3) is 0 Å². The van der Waals surface area contributed by atoms with Crippen LogP contribution in [0.1, 0.15) is 53.8 Å². The van der Waals surface area contributed by atoms with E-state index in [9.17, 15) is 4.39 Å². The summed E-state index contributed by atoms with van der Waals surface area (Å²) in [5.41, 5.74) is 5.15. The number of hydrogen-bond donors (Lipinski definition) is 0. The van der Waals surface area contributed by atoms with Crippen molar-refractivity contribution < 1.29 is 18.4 Å². The van der Waals surface area contributed by atoms with Crippen LogP contribution in [0, 0.1) is 5.82 Å². The first-order chi connectivity index (χ1) is 21.6. The third-order valence-corrected chi connectivity index (χ3v) is 9.15. The van der Waals surface area contributed by atoms with Crippen LogP contribution in [0.25, 0.3) is 28.6 Å². The molecule has 2 saturated heterocycles. The molecule has 3 aliphatic rings. The molecule has 5 aromatic rings. The van der Waals surface area contributed by atoms with Crippen molar-refractivity contribution in [1.82, 2.24) is 29.6 Å². The van der Waals surface area contributed by atoms with Crippen molar-refractivity contribution in [2.45, 2.75) is 50.5 Å². The fraction of sp³-hybridized carbons (Fsp3) is 0.333. The summed E-state index contributed by atoms with van der Waals surface area (Å²) in [6, 6.07) is 12.9. The molecule has 0 aliphatic carbocycles. The van der Waals surface area contributed by atoms with Gasteiger partial charge in [0, 0.05) is 22.8 Å². The lowest BCUT2D eigenvalue weighted by Gasteiger charge is -2.34. The van der Waals surface area contributed by atoms with Crippen molar-refractivity contribution in [3.05, 3.63) is 94.5 Å². The summed E-state index contributed by atoms with van der Waals surface area (Å²) >= 11 is 5.99. The molecule has 2 aromatic carbocycles. The summed E-state index contributed by atoms with van der Waals surface area (Å²) in [4.78, 5) is 16.2. The molecule has 224 valence electrons. The maximum Gasteiger partial charge on any atom is 0.220 e. The van der Waals surface area contributed by atoms with Gasteiger partial charge in [0.15, 0.2) is 0 Å². The molecule has 0 radical (unpaired) electrons. The molecular formula is C33H30ClFN6O3. The van der Waals surface area contributed by atoms with Crippen LogP contribution in [0.15, 0.2) is 65.7 Å². The number of piperidine rings is 1. The van der Waals surface area contributed by atoms with Gasteiger partial charge in [0.2, 0.25) is 12.2 Å². The lowest BCUT2D eigenvalue weighted by Crippen LogP contribution is -2.35. The van der Waals surface area contributed by atoms with Gasteiger partial charge in [-0.3, -0.25) is 9.88 Å². The zero-order valence-electron chi connectivity index (χ0n) is 23.9. The molecule has 2 atom stereocenters. The lowest BCUT2D eigenvalue weighted by atomic mass is 9.87. The average molecular weight is 613 g/mol. The topological polar surface area (TPSA) is 91.3 Å². The highest BCUT2D eigenvalue weighted by atomic mass is 35.5. The number of imidazole rings is 1. The highest BCUT2D eigenvalue weighted by molar-refractivity contribution is 6.30. The summed E-state index contributed by atoms with van der Waals surface area (Å²) in [5.74, 6) is 2.27. The van der Waals surface area contributed by atoms with Gasteiger partial charge in [-0.2, -0.15) is 4.98 Å². The fourth-order valence-electron chi connectivity index (χ4n) is 6.46. The number of rotatable bonds is 7. The number of hydrogen-bond acceptors (Lipinski definition) is 8. The van der Waals surface area contributed by atoms with Gasteiger partial charge in [-0.05, 0) is 68.1 Å². The number of aromatic nitrogens is 5. The van der Waals surface area contributed by atoms with E-state index in [0.29, 0.717) is 28.0 Å². The molecule has 0 spiro atoms. The van der Waals surface area contributed by atoms with E-state index in [1.165, 1.54) is 18.0 Å². The van der Waals surface area contributed by atoms with Crippen LogP contribution < -0.4 is 4.74 Å². The van der Waals surface area contributed by atoms with Gasteiger partial charge in [-0.1, -0.05) is 47.1 Å². The molecule has 3 aromatic heterocycles. The Bertz CT molecular complexity index is 1850. The van der Waals surface area contributed by atoms with Crippen LogP contribution in [-0.4, -0.2) is 55.4 Å². The second-order valence-corrected chi connectivity index (χ2v) is 12.0.